The molecule has 0 aliphatic heterocycles. The van der Waals surface area contributed by atoms with Crippen LogP contribution >= 0.6 is 23.2 Å². The van der Waals surface area contributed by atoms with E-state index in [-0.39, 0.29) is 18.6 Å². The zero-order chi connectivity index (χ0) is 14.3. The highest BCUT2D eigenvalue weighted by Crippen LogP contribution is 2.27. The Labute approximate surface area is 122 Å². The first-order valence-electron chi connectivity index (χ1n) is 6.05. The summed E-state index contributed by atoms with van der Waals surface area (Å²) in [7, 11) is 0. The van der Waals surface area contributed by atoms with Crippen LogP contribution in [0.25, 0.3) is 0 Å². The highest BCUT2D eigenvalue weighted by Gasteiger charge is 2.07. The average molecular weight is 306 g/mol. The number of benzene rings is 1. The zero-order valence-electron chi connectivity index (χ0n) is 10.7. The lowest BCUT2D eigenvalue weighted by atomic mass is 10.2. The van der Waals surface area contributed by atoms with Gasteiger partial charge in [0.15, 0.2) is 6.61 Å². The van der Waals surface area contributed by atoms with Crippen molar-refractivity contribution in [2.24, 2.45) is 0 Å². The molecule has 1 aromatic carbocycles. The van der Waals surface area contributed by atoms with Gasteiger partial charge in [0.25, 0.3) is 5.91 Å². The normalized spacial score (nSPS) is 12.0. The lowest BCUT2D eigenvalue weighted by molar-refractivity contribution is -0.123. The van der Waals surface area contributed by atoms with Crippen LogP contribution in [-0.2, 0) is 4.79 Å². The first-order chi connectivity index (χ1) is 9.02. The van der Waals surface area contributed by atoms with E-state index in [9.17, 15) is 9.90 Å². The highest BCUT2D eigenvalue weighted by atomic mass is 35.5. The Kier molecular flexibility index (Phi) is 6.99. The maximum atomic E-state index is 11.5. The van der Waals surface area contributed by atoms with Crippen molar-refractivity contribution < 1.29 is 14.6 Å². The Hall–Kier alpha value is -0.970. The van der Waals surface area contributed by atoms with Crippen molar-refractivity contribution in [3.05, 3.63) is 28.2 Å². The number of ether oxygens (including phenoxy) is 1. The van der Waals surface area contributed by atoms with Gasteiger partial charge in [0, 0.05) is 11.6 Å². The van der Waals surface area contributed by atoms with Crippen LogP contribution in [0.3, 0.4) is 0 Å². The molecule has 0 radical (unpaired) electrons. The number of carbonyl (C=O) groups is 1. The molecule has 1 aromatic rings. The number of rotatable bonds is 7. The number of hydrogen-bond acceptors (Lipinski definition) is 3. The Morgan fingerprint density at radius 2 is 2.21 bits per heavy atom. The molecule has 0 bridgehead atoms. The second-order valence-corrected chi connectivity index (χ2v) is 4.91. The van der Waals surface area contributed by atoms with E-state index in [1.54, 1.807) is 18.2 Å². The molecule has 0 heterocycles. The van der Waals surface area contributed by atoms with Crippen LogP contribution in [0.2, 0.25) is 10.0 Å². The molecule has 0 saturated carbocycles. The van der Waals surface area contributed by atoms with Gasteiger partial charge in [0.05, 0.1) is 11.1 Å². The van der Waals surface area contributed by atoms with Gasteiger partial charge in [0.2, 0.25) is 0 Å². The minimum Gasteiger partial charge on any atom is -0.482 e. The summed E-state index contributed by atoms with van der Waals surface area (Å²) in [4.78, 5) is 11.5. The SMILES string of the molecule is CC[C@@H](O)CCNC(=O)COc1ccc(Cl)cc1Cl. The van der Waals surface area contributed by atoms with Crippen LogP contribution in [-0.4, -0.2) is 30.3 Å². The van der Waals surface area contributed by atoms with Gasteiger partial charge in [-0.15, -0.1) is 0 Å². The van der Waals surface area contributed by atoms with Gasteiger partial charge in [0.1, 0.15) is 5.75 Å². The number of carbonyl (C=O) groups excluding carboxylic acids is 1. The zero-order valence-corrected chi connectivity index (χ0v) is 12.2. The number of halogens is 2. The molecule has 0 aromatic heterocycles. The topological polar surface area (TPSA) is 58.6 Å². The number of nitrogens with one attached hydrogen (secondary N) is 1. The molecule has 0 aliphatic rings. The second-order valence-electron chi connectivity index (χ2n) is 4.06. The molecule has 0 aliphatic carbocycles. The molecular formula is C13H17Cl2NO3. The first kappa shape index (κ1) is 16.1. The maximum Gasteiger partial charge on any atom is 0.257 e. The minimum atomic E-state index is -0.382. The number of amides is 1. The molecule has 1 atom stereocenters. The van der Waals surface area contributed by atoms with Crippen molar-refractivity contribution in [2.75, 3.05) is 13.2 Å². The molecule has 6 heteroatoms. The van der Waals surface area contributed by atoms with Crippen molar-refractivity contribution >= 4 is 29.1 Å². The molecule has 0 spiro atoms. The maximum absolute atomic E-state index is 11.5. The number of aliphatic hydroxyl groups excluding tert-OH is 1. The quantitative estimate of drug-likeness (QED) is 0.814. The monoisotopic (exact) mass is 305 g/mol. The summed E-state index contributed by atoms with van der Waals surface area (Å²) in [6.45, 7) is 2.19. The lowest BCUT2D eigenvalue weighted by Gasteiger charge is -2.10. The Morgan fingerprint density at radius 3 is 2.84 bits per heavy atom. The molecule has 19 heavy (non-hydrogen) atoms. The van der Waals surface area contributed by atoms with E-state index in [2.05, 4.69) is 5.32 Å². The summed E-state index contributed by atoms with van der Waals surface area (Å²) in [6, 6.07) is 4.80. The molecule has 1 rings (SSSR count). The standard InChI is InChI=1S/C13H17Cl2NO3/c1-2-10(17)5-6-16-13(18)8-19-12-4-3-9(14)7-11(12)15/h3-4,7,10,17H,2,5-6,8H2,1H3,(H,16,18)/t10-/m1/s1. The molecular weight excluding hydrogens is 289 g/mol. The predicted octanol–water partition coefficient (Wildman–Crippen LogP) is 2.65. The number of aliphatic hydroxyl groups is 1. The minimum absolute atomic E-state index is 0.121. The van der Waals surface area contributed by atoms with Crippen LogP contribution in [0.5, 0.6) is 5.75 Å². The van der Waals surface area contributed by atoms with Gasteiger partial charge < -0.3 is 15.2 Å². The van der Waals surface area contributed by atoms with E-state index in [1.807, 2.05) is 6.92 Å². The van der Waals surface area contributed by atoms with Gasteiger partial charge >= 0.3 is 0 Å². The summed E-state index contributed by atoms with van der Waals surface area (Å²) in [6.07, 6.45) is 0.823. The van der Waals surface area contributed by atoms with E-state index in [1.165, 1.54) is 0 Å². The number of hydrogen-bond donors (Lipinski definition) is 2. The first-order valence-corrected chi connectivity index (χ1v) is 6.81. The van der Waals surface area contributed by atoms with Gasteiger partial charge in [-0.3, -0.25) is 4.79 Å². The van der Waals surface area contributed by atoms with Crippen molar-refractivity contribution in [1.82, 2.24) is 5.32 Å². The molecule has 4 nitrogen and oxygen atoms in total. The Morgan fingerprint density at radius 1 is 1.47 bits per heavy atom. The Balaban J connectivity index is 2.30. The summed E-state index contributed by atoms with van der Waals surface area (Å²) in [5.41, 5.74) is 0. The molecule has 106 valence electrons. The summed E-state index contributed by atoms with van der Waals surface area (Å²) < 4.78 is 5.27. The van der Waals surface area contributed by atoms with Crippen LogP contribution in [0.15, 0.2) is 18.2 Å². The third kappa shape index (κ3) is 6.14. The van der Waals surface area contributed by atoms with E-state index >= 15 is 0 Å². The van der Waals surface area contributed by atoms with Crippen LogP contribution < -0.4 is 10.1 Å². The van der Waals surface area contributed by atoms with E-state index in [4.69, 9.17) is 27.9 Å². The molecule has 0 fully saturated rings. The van der Waals surface area contributed by atoms with Crippen molar-refractivity contribution in [1.29, 1.82) is 0 Å². The van der Waals surface area contributed by atoms with Crippen molar-refractivity contribution in [2.45, 2.75) is 25.9 Å². The van der Waals surface area contributed by atoms with Crippen LogP contribution in [0, 0.1) is 0 Å². The third-order valence-corrected chi connectivity index (χ3v) is 3.05. The highest BCUT2D eigenvalue weighted by molar-refractivity contribution is 6.35. The summed E-state index contributed by atoms with van der Waals surface area (Å²) in [5.74, 6) is 0.157. The second kappa shape index (κ2) is 8.25. The molecule has 0 unspecified atom stereocenters. The Bertz CT molecular complexity index is 426. The van der Waals surface area contributed by atoms with Gasteiger partial charge in [-0.1, -0.05) is 30.1 Å². The fourth-order valence-electron chi connectivity index (χ4n) is 1.37. The molecule has 1 amide bonds. The summed E-state index contributed by atoms with van der Waals surface area (Å²) in [5, 5.41) is 12.9. The van der Waals surface area contributed by atoms with Crippen molar-refractivity contribution in [3.8, 4) is 5.75 Å². The summed E-state index contributed by atoms with van der Waals surface area (Å²) >= 11 is 11.7. The fraction of sp³-hybridized carbons (Fsp3) is 0.462. The van der Waals surface area contributed by atoms with Gasteiger partial charge in [-0.05, 0) is 31.0 Å². The smallest absolute Gasteiger partial charge is 0.257 e. The molecule has 0 saturated heterocycles. The van der Waals surface area contributed by atoms with Gasteiger partial charge in [-0.25, -0.2) is 0 Å². The average Bonchev–Trinajstić information content (AvgIpc) is 2.37. The van der Waals surface area contributed by atoms with Crippen LogP contribution in [0.1, 0.15) is 19.8 Å². The lowest BCUT2D eigenvalue weighted by Crippen LogP contribution is -2.31. The van der Waals surface area contributed by atoms with Crippen molar-refractivity contribution in [3.63, 3.8) is 0 Å². The largest absolute Gasteiger partial charge is 0.482 e. The van der Waals surface area contributed by atoms with Crippen LogP contribution in [0.4, 0.5) is 0 Å². The fourth-order valence-corrected chi connectivity index (χ4v) is 1.83. The van der Waals surface area contributed by atoms with E-state index < -0.39 is 0 Å². The predicted molar refractivity (Wildman–Crippen MR) is 75.9 cm³/mol. The molecule has 2 N–H and O–H groups in total. The van der Waals surface area contributed by atoms with E-state index in [0.717, 1.165) is 0 Å². The third-order valence-electron chi connectivity index (χ3n) is 2.52. The van der Waals surface area contributed by atoms with Gasteiger partial charge in [-0.2, -0.15) is 0 Å². The van der Waals surface area contributed by atoms with E-state index in [0.29, 0.717) is 35.2 Å².